The monoisotopic (exact) mass is 413 g/mol. The zero-order chi connectivity index (χ0) is 18.7. The standard InChI is InChI=1S/C19H21ClFN3O2.ClH/c1-12-10-14(8-9-24(12)2)26-18-5-3-4-17(22-18)23-19(25)15-7-6-13(21)11-16(15)20;/h3-7,11-12,14H,8-10H2,1-2H3,(H,22,23,25);1H/t12-,14+;/m1./s1. The van der Waals surface area contributed by atoms with Crippen LogP contribution in [0.5, 0.6) is 5.88 Å². The summed E-state index contributed by atoms with van der Waals surface area (Å²) >= 11 is 5.93. The lowest BCUT2D eigenvalue weighted by atomic mass is 10.0. The highest BCUT2D eigenvalue weighted by Gasteiger charge is 2.24. The summed E-state index contributed by atoms with van der Waals surface area (Å²) in [6, 6.07) is 9.29. The largest absolute Gasteiger partial charge is 0.474 e. The van der Waals surface area contributed by atoms with Crippen LogP contribution in [0.1, 0.15) is 30.1 Å². The number of pyridine rings is 1. The third kappa shape index (κ3) is 5.54. The van der Waals surface area contributed by atoms with Crippen LogP contribution in [0.4, 0.5) is 10.2 Å². The molecular weight excluding hydrogens is 392 g/mol. The number of halogens is 3. The van der Waals surface area contributed by atoms with Crippen molar-refractivity contribution >= 4 is 35.7 Å². The molecule has 1 saturated heterocycles. The van der Waals surface area contributed by atoms with Gasteiger partial charge in [-0.1, -0.05) is 17.7 Å². The first-order chi connectivity index (χ1) is 12.4. The molecule has 3 rings (SSSR count). The minimum absolute atomic E-state index is 0. The summed E-state index contributed by atoms with van der Waals surface area (Å²) in [6.45, 7) is 3.15. The van der Waals surface area contributed by atoms with Gasteiger partial charge in [0.05, 0.1) is 10.6 Å². The Balaban J connectivity index is 0.00000261. The Bertz CT molecular complexity index is 806. The van der Waals surface area contributed by atoms with Crippen LogP contribution < -0.4 is 10.1 Å². The van der Waals surface area contributed by atoms with E-state index in [0.717, 1.165) is 25.5 Å². The van der Waals surface area contributed by atoms with Crippen molar-refractivity contribution in [1.82, 2.24) is 9.88 Å². The maximum Gasteiger partial charge on any atom is 0.258 e. The zero-order valence-electron chi connectivity index (χ0n) is 15.1. The highest BCUT2D eigenvalue weighted by molar-refractivity contribution is 6.34. The van der Waals surface area contributed by atoms with E-state index in [-0.39, 0.29) is 29.1 Å². The van der Waals surface area contributed by atoms with Crippen molar-refractivity contribution in [3.8, 4) is 5.88 Å². The first kappa shape index (κ1) is 21.4. The molecule has 146 valence electrons. The molecule has 2 aromatic rings. The van der Waals surface area contributed by atoms with Gasteiger partial charge in [0.25, 0.3) is 5.91 Å². The molecule has 1 amide bonds. The maximum absolute atomic E-state index is 13.1. The van der Waals surface area contributed by atoms with E-state index >= 15 is 0 Å². The van der Waals surface area contributed by atoms with Gasteiger partial charge in [-0.05, 0) is 51.1 Å². The number of piperidine rings is 1. The molecule has 2 atom stereocenters. The number of anilines is 1. The Morgan fingerprint density at radius 3 is 2.85 bits per heavy atom. The van der Waals surface area contributed by atoms with Gasteiger partial charge in [0.15, 0.2) is 0 Å². The number of carbonyl (C=O) groups excluding carboxylic acids is 1. The van der Waals surface area contributed by atoms with Gasteiger partial charge in [0.1, 0.15) is 17.7 Å². The normalized spacial score (nSPS) is 19.9. The van der Waals surface area contributed by atoms with Crippen molar-refractivity contribution in [2.75, 3.05) is 18.9 Å². The maximum atomic E-state index is 13.1. The molecule has 2 heterocycles. The van der Waals surface area contributed by atoms with Crippen molar-refractivity contribution in [2.45, 2.75) is 31.9 Å². The molecule has 0 radical (unpaired) electrons. The number of nitrogens with zero attached hydrogens (tertiary/aromatic N) is 2. The van der Waals surface area contributed by atoms with E-state index < -0.39 is 11.7 Å². The molecule has 1 aliphatic rings. The minimum atomic E-state index is -0.493. The fourth-order valence-corrected chi connectivity index (χ4v) is 3.18. The summed E-state index contributed by atoms with van der Waals surface area (Å²) in [4.78, 5) is 19.0. The highest BCUT2D eigenvalue weighted by atomic mass is 35.5. The lowest BCUT2D eigenvalue weighted by molar-refractivity contribution is 0.0760. The number of nitrogens with one attached hydrogen (secondary N) is 1. The molecule has 1 fully saturated rings. The average Bonchev–Trinajstić information content (AvgIpc) is 2.58. The summed E-state index contributed by atoms with van der Waals surface area (Å²) in [5, 5.41) is 2.72. The van der Waals surface area contributed by atoms with E-state index in [4.69, 9.17) is 16.3 Å². The molecule has 27 heavy (non-hydrogen) atoms. The van der Waals surface area contributed by atoms with E-state index in [2.05, 4.69) is 29.2 Å². The third-order valence-corrected chi connectivity index (χ3v) is 4.90. The van der Waals surface area contributed by atoms with Crippen LogP contribution in [-0.2, 0) is 0 Å². The highest BCUT2D eigenvalue weighted by Crippen LogP contribution is 2.22. The van der Waals surface area contributed by atoms with Crippen molar-refractivity contribution in [3.05, 3.63) is 52.8 Å². The van der Waals surface area contributed by atoms with Gasteiger partial charge in [-0.2, -0.15) is 4.98 Å². The molecule has 1 N–H and O–H groups in total. The number of ether oxygens (including phenoxy) is 1. The van der Waals surface area contributed by atoms with Crippen LogP contribution >= 0.6 is 24.0 Å². The molecule has 1 aliphatic heterocycles. The van der Waals surface area contributed by atoms with Crippen LogP contribution in [0.2, 0.25) is 5.02 Å². The lowest BCUT2D eigenvalue weighted by Crippen LogP contribution is -2.42. The number of aromatic nitrogens is 1. The molecule has 5 nitrogen and oxygen atoms in total. The van der Waals surface area contributed by atoms with Crippen LogP contribution in [0, 0.1) is 5.82 Å². The van der Waals surface area contributed by atoms with Gasteiger partial charge in [0.2, 0.25) is 5.88 Å². The second-order valence-corrected chi connectivity index (χ2v) is 6.94. The molecule has 8 heteroatoms. The molecule has 0 spiro atoms. The van der Waals surface area contributed by atoms with Gasteiger partial charge in [0, 0.05) is 18.7 Å². The number of benzene rings is 1. The third-order valence-electron chi connectivity index (χ3n) is 4.59. The van der Waals surface area contributed by atoms with Gasteiger partial charge < -0.3 is 15.0 Å². The molecule has 1 aromatic carbocycles. The van der Waals surface area contributed by atoms with Gasteiger partial charge in [-0.25, -0.2) is 4.39 Å². The van der Waals surface area contributed by atoms with Gasteiger partial charge in [-0.15, -0.1) is 12.4 Å². The van der Waals surface area contributed by atoms with Crippen LogP contribution in [0.25, 0.3) is 0 Å². The predicted octanol–water partition coefficient (Wildman–Crippen LogP) is 4.41. The first-order valence-electron chi connectivity index (χ1n) is 8.52. The average molecular weight is 414 g/mol. The van der Waals surface area contributed by atoms with Gasteiger partial charge in [-0.3, -0.25) is 4.79 Å². The van der Waals surface area contributed by atoms with E-state index in [1.165, 1.54) is 12.1 Å². The van der Waals surface area contributed by atoms with E-state index in [1.807, 2.05) is 0 Å². The molecule has 1 aromatic heterocycles. The Hall–Kier alpha value is -1.89. The Morgan fingerprint density at radius 2 is 2.15 bits per heavy atom. The summed E-state index contributed by atoms with van der Waals surface area (Å²) in [5.74, 6) is -0.122. The Kier molecular flexibility index (Phi) is 7.41. The predicted molar refractivity (Wildman–Crippen MR) is 107 cm³/mol. The molecular formula is C19H22Cl2FN3O2. The number of hydrogen-bond acceptors (Lipinski definition) is 4. The molecule has 0 aliphatic carbocycles. The van der Waals surface area contributed by atoms with Crippen molar-refractivity contribution in [3.63, 3.8) is 0 Å². The Morgan fingerprint density at radius 1 is 1.37 bits per heavy atom. The summed E-state index contributed by atoms with van der Waals surface area (Å²) < 4.78 is 19.1. The summed E-state index contributed by atoms with van der Waals surface area (Å²) in [6.07, 6.45) is 1.97. The molecule has 0 bridgehead atoms. The van der Waals surface area contributed by atoms with Crippen molar-refractivity contribution in [2.24, 2.45) is 0 Å². The van der Waals surface area contributed by atoms with Crippen LogP contribution in [0.15, 0.2) is 36.4 Å². The topological polar surface area (TPSA) is 54.5 Å². The van der Waals surface area contributed by atoms with Crippen molar-refractivity contribution in [1.29, 1.82) is 0 Å². The van der Waals surface area contributed by atoms with Gasteiger partial charge >= 0.3 is 0 Å². The van der Waals surface area contributed by atoms with E-state index in [9.17, 15) is 9.18 Å². The van der Waals surface area contributed by atoms with E-state index in [0.29, 0.717) is 17.7 Å². The SMILES string of the molecule is C[C@@H]1C[C@@H](Oc2cccc(NC(=O)c3ccc(F)cc3Cl)n2)CCN1C.Cl. The minimum Gasteiger partial charge on any atom is -0.474 e. The quantitative estimate of drug-likeness (QED) is 0.806. The number of carbonyl (C=O) groups is 1. The fraction of sp³-hybridized carbons (Fsp3) is 0.368. The smallest absolute Gasteiger partial charge is 0.258 e. The summed E-state index contributed by atoms with van der Waals surface area (Å²) in [7, 11) is 2.11. The second-order valence-electron chi connectivity index (χ2n) is 6.53. The van der Waals surface area contributed by atoms with Crippen molar-refractivity contribution < 1.29 is 13.9 Å². The lowest BCUT2D eigenvalue weighted by Gasteiger charge is -2.34. The second kappa shape index (κ2) is 9.35. The number of likely N-dealkylation sites (tertiary alicyclic amines) is 1. The zero-order valence-corrected chi connectivity index (χ0v) is 16.7. The first-order valence-corrected chi connectivity index (χ1v) is 8.90. The number of amides is 1. The summed E-state index contributed by atoms with van der Waals surface area (Å²) in [5.41, 5.74) is 0.185. The van der Waals surface area contributed by atoms with Crippen LogP contribution in [-0.4, -0.2) is 41.5 Å². The molecule has 0 saturated carbocycles. The number of rotatable bonds is 4. The number of hydrogen-bond donors (Lipinski definition) is 1. The molecule has 0 unspecified atom stereocenters. The van der Waals surface area contributed by atoms with E-state index in [1.54, 1.807) is 18.2 Å². The van der Waals surface area contributed by atoms with Crippen LogP contribution in [0.3, 0.4) is 0 Å². The Labute approximate surface area is 169 Å². The fourth-order valence-electron chi connectivity index (χ4n) is 2.93.